The molecule has 5 aromatic carbocycles. The Bertz CT molecular complexity index is 2610. The summed E-state index contributed by atoms with van der Waals surface area (Å²) in [5, 5.41) is 11.4. The first kappa shape index (κ1) is 38.5. The SMILES string of the molecule is COc1ccc(OC)c(C=Cc2ccc(N3C(=O)C4CC=C5C(CC6C(=O)N(Nc7ccc(C)cc7)C(=O)C6(c6ccccc6)C5c5ccc(O)c(F)c5)C4C3=O)cc2)c1. The van der Waals surface area contributed by atoms with Crippen molar-refractivity contribution in [2.24, 2.45) is 23.7 Å². The van der Waals surface area contributed by atoms with E-state index in [1.54, 1.807) is 56.7 Å². The van der Waals surface area contributed by atoms with Crippen LogP contribution in [0.2, 0.25) is 0 Å². The summed E-state index contributed by atoms with van der Waals surface area (Å²) in [7, 11) is 3.19. The molecule has 11 heteroatoms. The third-order valence-electron chi connectivity index (χ3n) is 12.7. The van der Waals surface area contributed by atoms with Crippen molar-refractivity contribution in [1.29, 1.82) is 0 Å². The van der Waals surface area contributed by atoms with Gasteiger partial charge in [-0.1, -0.05) is 90.0 Å². The molecule has 6 unspecified atom stereocenters. The fourth-order valence-corrected chi connectivity index (χ4v) is 9.97. The number of hydrogen-bond acceptors (Lipinski definition) is 8. The van der Waals surface area contributed by atoms with Gasteiger partial charge < -0.3 is 14.6 Å². The van der Waals surface area contributed by atoms with Crippen LogP contribution in [0.25, 0.3) is 12.2 Å². The van der Waals surface area contributed by atoms with Crippen molar-refractivity contribution in [1.82, 2.24) is 5.01 Å². The normalized spacial score (nSPS) is 24.6. The van der Waals surface area contributed by atoms with Gasteiger partial charge in [-0.2, -0.15) is 5.01 Å². The minimum Gasteiger partial charge on any atom is -0.505 e. The molecule has 6 atom stereocenters. The smallest absolute Gasteiger partial charge is 0.260 e. The van der Waals surface area contributed by atoms with Gasteiger partial charge in [0.15, 0.2) is 11.6 Å². The van der Waals surface area contributed by atoms with Gasteiger partial charge in [-0.25, -0.2) is 4.39 Å². The molecule has 3 fully saturated rings. The Morgan fingerprint density at radius 2 is 1.55 bits per heavy atom. The van der Waals surface area contributed by atoms with E-state index >= 15 is 9.18 Å². The van der Waals surface area contributed by atoms with Crippen molar-refractivity contribution in [2.75, 3.05) is 24.5 Å². The molecule has 4 aliphatic rings. The number of methoxy groups -OCH3 is 2. The summed E-state index contributed by atoms with van der Waals surface area (Å²) in [5.41, 5.74) is 6.73. The Balaban J connectivity index is 1.10. The number of aromatic hydroxyl groups is 1. The van der Waals surface area contributed by atoms with E-state index in [0.717, 1.165) is 21.7 Å². The van der Waals surface area contributed by atoms with E-state index in [-0.39, 0.29) is 24.7 Å². The van der Waals surface area contributed by atoms with E-state index < -0.39 is 58.4 Å². The lowest BCUT2D eigenvalue weighted by Crippen LogP contribution is -2.53. The third kappa shape index (κ3) is 6.06. The van der Waals surface area contributed by atoms with Gasteiger partial charge >= 0.3 is 0 Å². The van der Waals surface area contributed by atoms with Gasteiger partial charge in [-0.15, -0.1) is 0 Å². The van der Waals surface area contributed by atoms with Gasteiger partial charge in [-0.3, -0.25) is 29.5 Å². The summed E-state index contributed by atoms with van der Waals surface area (Å²) in [6, 6.07) is 33.0. The minimum absolute atomic E-state index is 0.0972. The number of amides is 4. The molecule has 9 rings (SSSR count). The van der Waals surface area contributed by atoms with Crippen LogP contribution in [0.5, 0.6) is 17.2 Å². The molecule has 10 nitrogen and oxygen atoms in total. The molecule has 2 N–H and O–H groups in total. The highest BCUT2D eigenvalue weighted by Crippen LogP contribution is 2.64. The zero-order valence-electron chi connectivity index (χ0n) is 33.2. The van der Waals surface area contributed by atoms with Crippen LogP contribution in [0, 0.1) is 36.4 Å². The number of ether oxygens (including phenoxy) is 2. The Labute approximate surface area is 346 Å². The lowest BCUT2D eigenvalue weighted by Gasteiger charge is -2.50. The number of carbonyl (C=O) groups is 4. The Morgan fingerprint density at radius 1 is 0.800 bits per heavy atom. The van der Waals surface area contributed by atoms with Crippen LogP contribution in [0.15, 0.2) is 127 Å². The molecule has 0 radical (unpaired) electrons. The standard InChI is InChI=1S/C49H42FN3O7/c1-28-9-16-33(17-10-28)51-53-46(56)39-27-38-36(44(31-15-23-41(54)40(50)26-31)49(39,48(53)58)32-7-5-4-6-8-32)21-22-37-43(38)47(57)52(45(37)55)34-18-12-29(13-19-34)11-14-30-25-35(59-2)20-24-42(30)60-3/h4-21,23-26,37-39,43-44,51,54H,22,27H2,1-3H3. The van der Waals surface area contributed by atoms with Gasteiger partial charge in [0.1, 0.15) is 11.5 Å². The lowest BCUT2D eigenvalue weighted by atomic mass is 9.49. The Hall–Kier alpha value is -7.01. The van der Waals surface area contributed by atoms with Crippen LogP contribution < -0.4 is 19.8 Å². The number of nitrogens with zero attached hydrogens (tertiary/aromatic N) is 2. The van der Waals surface area contributed by atoms with Gasteiger partial charge in [0.25, 0.3) is 11.8 Å². The number of rotatable bonds is 9. The van der Waals surface area contributed by atoms with Crippen molar-refractivity contribution in [2.45, 2.75) is 31.1 Å². The molecule has 5 aromatic rings. The maximum Gasteiger partial charge on any atom is 0.260 e. The fraction of sp³-hybridized carbons (Fsp3) is 0.224. The van der Waals surface area contributed by atoms with Crippen LogP contribution in [0.1, 0.15) is 46.6 Å². The van der Waals surface area contributed by atoms with E-state index in [1.165, 1.54) is 17.0 Å². The number of phenols is 1. The number of imide groups is 2. The molecule has 2 heterocycles. The Kier molecular flexibility index (Phi) is 9.61. The zero-order valence-corrected chi connectivity index (χ0v) is 33.2. The molecule has 1 saturated carbocycles. The van der Waals surface area contributed by atoms with Crippen molar-refractivity contribution < 1.29 is 38.1 Å². The molecular weight excluding hydrogens is 762 g/mol. The predicted molar refractivity (Wildman–Crippen MR) is 224 cm³/mol. The van der Waals surface area contributed by atoms with E-state index in [1.807, 2.05) is 85.8 Å². The summed E-state index contributed by atoms with van der Waals surface area (Å²) in [6.07, 6.45) is 6.02. The Morgan fingerprint density at radius 3 is 2.25 bits per heavy atom. The van der Waals surface area contributed by atoms with E-state index in [0.29, 0.717) is 39.6 Å². The number of hydrazine groups is 1. The number of fused-ring (bicyclic) bond motifs is 4. The first-order valence-electron chi connectivity index (χ1n) is 19.9. The summed E-state index contributed by atoms with van der Waals surface area (Å²) in [6.45, 7) is 1.94. The molecule has 0 spiro atoms. The van der Waals surface area contributed by atoms with E-state index in [9.17, 15) is 19.5 Å². The van der Waals surface area contributed by atoms with Gasteiger partial charge in [-0.05, 0) is 97.0 Å². The highest BCUT2D eigenvalue weighted by atomic mass is 19.1. The lowest BCUT2D eigenvalue weighted by molar-refractivity contribution is -0.138. The van der Waals surface area contributed by atoms with Crippen LogP contribution in [-0.2, 0) is 24.6 Å². The monoisotopic (exact) mass is 803 g/mol. The molecule has 2 aliphatic carbocycles. The van der Waals surface area contributed by atoms with Gasteiger partial charge in [0.05, 0.1) is 48.8 Å². The highest BCUT2D eigenvalue weighted by Gasteiger charge is 2.70. The van der Waals surface area contributed by atoms with Crippen molar-refractivity contribution in [3.63, 3.8) is 0 Å². The maximum absolute atomic E-state index is 15.4. The first-order valence-corrected chi connectivity index (χ1v) is 19.9. The maximum atomic E-state index is 15.4. The number of allylic oxidation sites excluding steroid dienone is 2. The number of carbonyl (C=O) groups excluding carboxylic acids is 4. The van der Waals surface area contributed by atoms with E-state index in [4.69, 9.17) is 9.47 Å². The number of nitrogens with one attached hydrogen (secondary N) is 1. The number of benzene rings is 5. The predicted octanol–water partition coefficient (Wildman–Crippen LogP) is 8.22. The molecular formula is C49H42FN3O7. The molecule has 60 heavy (non-hydrogen) atoms. The highest BCUT2D eigenvalue weighted by molar-refractivity contribution is 6.22. The third-order valence-corrected chi connectivity index (χ3v) is 12.7. The second-order valence-electron chi connectivity index (χ2n) is 15.8. The summed E-state index contributed by atoms with van der Waals surface area (Å²) in [5.74, 6) is -5.91. The summed E-state index contributed by atoms with van der Waals surface area (Å²) < 4.78 is 26.3. The average molecular weight is 804 g/mol. The van der Waals surface area contributed by atoms with Gasteiger partial charge in [0.2, 0.25) is 11.8 Å². The summed E-state index contributed by atoms with van der Waals surface area (Å²) >= 11 is 0. The largest absolute Gasteiger partial charge is 0.505 e. The zero-order chi connectivity index (χ0) is 41.9. The van der Waals surface area contributed by atoms with Crippen LogP contribution in [0.3, 0.4) is 0 Å². The van der Waals surface area contributed by atoms with E-state index in [2.05, 4.69) is 5.43 Å². The fourth-order valence-electron chi connectivity index (χ4n) is 9.97. The summed E-state index contributed by atoms with van der Waals surface area (Å²) in [4.78, 5) is 60.5. The van der Waals surface area contributed by atoms with Crippen molar-refractivity contribution in [3.8, 4) is 17.2 Å². The molecule has 0 aromatic heterocycles. The van der Waals surface area contributed by atoms with Crippen LogP contribution in [-0.4, -0.2) is 48.0 Å². The first-order chi connectivity index (χ1) is 29.0. The number of hydrogen-bond donors (Lipinski definition) is 2. The van der Waals surface area contributed by atoms with Gasteiger partial charge in [0, 0.05) is 11.5 Å². The topological polar surface area (TPSA) is 125 Å². The average Bonchev–Trinajstić information content (AvgIpc) is 3.65. The minimum atomic E-state index is -1.56. The molecule has 4 amide bonds. The quantitative estimate of drug-likeness (QED) is 0.0868. The van der Waals surface area contributed by atoms with Crippen LogP contribution in [0.4, 0.5) is 15.8 Å². The van der Waals surface area contributed by atoms with Crippen molar-refractivity contribution in [3.05, 3.63) is 161 Å². The van der Waals surface area contributed by atoms with Crippen LogP contribution >= 0.6 is 0 Å². The number of anilines is 2. The second kappa shape index (κ2) is 15.0. The molecule has 2 saturated heterocycles. The second-order valence-corrected chi connectivity index (χ2v) is 15.8. The molecule has 302 valence electrons. The number of halogens is 1. The molecule has 0 bridgehead atoms. The number of phenolic OH excluding ortho intramolecular Hbond substituents is 1. The molecule has 2 aliphatic heterocycles. The number of aryl methyl sites for hydroxylation is 1. The van der Waals surface area contributed by atoms with Crippen molar-refractivity contribution >= 4 is 47.2 Å².